The van der Waals surface area contributed by atoms with Gasteiger partial charge >= 0.3 is 0 Å². The summed E-state index contributed by atoms with van der Waals surface area (Å²) in [4.78, 5) is 18.7. The maximum atomic E-state index is 6.88. The molecular formula is C56H54N4O. The number of aromatic amines is 2. The molecule has 0 saturated carbocycles. The van der Waals surface area contributed by atoms with Gasteiger partial charge in [-0.2, -0.15) is 0 Å². The predicted molar refractivity (Wildman–Crippen MR) is 258 cm³/mol. The molecule has 2 aliphatic rings. The zero-order valence-electron chi connectivity index (χ0n) is 35.2. The van der Waals surface area contributed by atoms with Crippen LogP contribution in [0.5, 0.6) is 5.75 Å². The van der Waals surface area contributed by atoms with Crippen LogP contribution in [0.2, 0.25) is 0 Å². The van der Waals surface area contributed by atoms with Crippen LogP contribution in [0.3, 0.4) is 0 Å². The second-order valence-corrected chi connectivity index (χ2v) is 16.1. The number of aromatic nitrogens is 4. The van der Waals surface area contributed by atoms with Crippen molar-refractivity contribution in [1.82, 2.24) is 19.9 Å². The number of nitrogens with zero attached hydrogens (tertiary/aromatic N) is 2. The highest BCUT2D eigenvalue weighted by Crippen LogP contribution is 2.41. The molecule has 0 spiro atoms. The first-order valence-corrected chi connectivity index (χ1v) is 22.3. The Bertz CT molecular complexity index is 2800. The number of unbranched alkanes of at least 4 members (excludes halogenated alkanes) is 9. The van der Waals surface area contributed by atoms with Crippen LogP contribution in [0, 0.1) is 0 Å². The number of hydrogen-bond donors (Lipinski definition) is 2. The van der Waals surface area contributed by atoms with Crippen molar-refractivity contribution in [3.8, 4) is 50.3 Å². The summed E-state index contributed by atoms with van der Waals surface area (Å²) < 4.78 is 6.88. The van der Waals surface area contributed by atoms with Gasteiger partial charge in [0.25, 0.3) is 0 Å². The summed E-state index contributed by atoms with van der Waals surface area (Å²) in [6.07, 6.45) is 21.4. The molecule has 4 aromatic carbocycles. The van der Waals surface area contributed by atoms with Gasteiger partial charge in [0, 0.05) is 39.4 Å². The molecule has 0 saturated heterocycles. The van der Waals surface area contributed by atoms with Crippen molar-refractivity contribution >= 4 is 46.4 Å². The third kappa shape index (κ3) is 8.93. The van der Waals surface area contributed by atoms with E-state index >= 15 is 0 Å². The molecule has 0 fully saturated rings. The largest absolute Gasteiger partial charge is 0.491 e. The fraction of sp³-hybridized carbons (Fsp3) is 0.214. The van der Waals surface area contributed by atoms with Crippen molar-refractivity contribution in [3.05, 3.63) is 162 Å². The quantitative estimate of drug-likeness (QED) is 0.0957. The number of hydrogen-bond acceptors (Lipinski definition) is 3. The predicted octanol–water partition coefficient (Wildman–Crippen LogP) is 15.6. The van der Waals surface area contributed by atoms with Crippen molar-refractivity contribution in [1.29, 1.82) is 0 Å². The fourth-order valence-corrected chi connectivity index (χ4v) is 8.77. The number of benzene rings is 4. The molecule has 0 amide bonds. The minimum atomic E-state index is 0.637. The van der Waals surface area contributed by atoms with Crippen LogP contribution in [0.1, 0.15) is 93.9 Å². The molecule has 61 heavy (non-hydrogen) atoms. The maximum Gasteiger partial charge on any atom is 0.145 e. The zero-order chi connectivity index (χ0) is 41.2. The summed E-state index contributed by atoms with van der Waals surface area (Å²) in [5, 5.41) is 0. The van der Waals surface area contributed by atoms with Gasteiger partial charge in [-0.15, -0.1) is 0 Å². The van der Waals surface area contributed by atoms with E-state index in [1.165, 1.54) is 51.4 Å². The second-order valence-electron chi connectivity index (χ2n) is 16.1. The highest BCUT2D eigenvalue weighted by molar-refractivity contribution is 6.01. The minimum Gasteiger partial charge on any atom is -0.491 e. The summed E-state index contributed by atoms with van der Waals surface area (Å²) >= 11 is 0. The number of ether oxygens (including phenoxy) is 1. The van der Waals surface area contributed by atoms with E-state index in [1.54, 1.807) is 0 Å². The number of H-pyrrole nitrogens is 2. The minimum absolute atomic E-state index is 0.637. The van der Waals surface area contributed by atoms with Gasteiger partial charge in [-0.05, 0) is 65.1 Å². The average molecular weight is 799 g/mol. The standard InChI is InChI=1S/C56H54N4O/c1-2-3-4-5-6-7-8-9-10-23-38-61-51-39-50-54(42-28-19-13-20-29-42)48-35-34-46(58-48)52(40-24-15-11-16-25-40)44-32-33-45(57-44)53(41-26-17-12-18-27-41)47-36-37-49(59-47)55(56(51)60-50)43-30-21-14-22-31-43/h11-22,24-37,39,57,60H,2-10,23,38H2,1H3. The molecule has 2 N–H and O–H groups in total. The SMILES string of the molecule is CCCCCCCCCCCCOc1cc2[nH]c1c(-c1ccccc1)c1nc(c(-c3ccccc3)c3ccc([nH]3)c(-c3ccccc3)c3nc(c2-c2ccccc2)C=C3)C=C1. The third-order valence-corrected chi connectivity index (χ3v) is 11.8. The van der Waals surface area contributed by atoms with Crippen molar-refractivity contribution in [2.75, 3.05) is 6.61 Å². The van der Waals surface area contributed by atoms with Gasteiger partial charge in [-0.25, -0.2) is 9.97 Å². The van der Waals surface area contributed by atoms with Crippen LogP contribution in [0.15, 0.2) is 140 Å². The lowest BCUT2D eigenvalue weighted by Gasteiger charge is -2.09. The smallest absolute Gasteiger partial charge is 0.145 e. The van der Waals surface area contributed by atoms with Gasteiger partial charge in [0.15, 0.2) is 0 Å². The van der Waals surface area contributed by atoms with Gasteiger partial charge in [-0.3, -0.25) is 0 Å². The van der Waals surface area contributed by atoms with E-state index in [4.69, 9.17) is 14.7 Å². The van der Waals surface area contributed by atoms with Crippen molar-refractivity contribution in [2.24, 2.45) is 0 Å². The van der Waals surface area contributed by atoms with Crippen LogP contribution in [0.25, 0.3) is 90.9 Å². The van der Waals surface area contributed by atoms with E-state index < -0.39 is 0 Å². The molecule has 3 aromatic heterocycles. The Balaban J connectivity index is 1.28. The van der Waals surface area contributed by atoms with Crippen molar-refractivity contribution < 1.29 is 4.74 Å². The van der Waals surface area contributed by atoms with E-state index in [2.05, 4.69) is 181 Å². The number of rotatable bonds is 16. The molecule has 5 nitrogen and oxygen atoms in total. The molecular weight excluding hydrogens is 745 g/mol. The second kappa shape index (κ2) is 19.1. The van der Waals surface area contributed by atoms with E-state index in [1.807, 2.05) is 0 Å². The molecule has 304 valence electrons. The highest BCUT2D eigenvalue weighted by atomic mass is 16.5. The lowest BCUT2D eigenvalue weighted by molar-refractivity contribution is 0.308. The Hall–Kier alpha value is -6.72. The molecule has 0 unspecified atom stereocenters. The maximum absolute atomic E-state index is 6.88. The molecule has 5 heteroatoms. The van der Waals surface area contributed by atoms with Crippen LogP contribution >= 0.6 is 0 Å². The Morgan fingerprint density at radius 3 is 1.21 bits per heavy atom. The van der Waals surface area contributed by atoms with Gasteiger partial charge in [-0.1, -0.05) is 186 Å². The molecule has 0 atom stereocenters. The van der Waals surface area contributed by atoms with Gasteiger partial charge in [0.05, 0.1) is 40.4 Å². The normalized spacial score (nSPS) is 12.0. The Morgan fingerprint density at radius 2 is 0.770 bits per heavy atom. The van der Waals surface area contributed by atoms with E-state index in [-0.39, 0.29) is 0 Å². The summed E-state index contributed by atoms with van der Waals surface area (Å²) in [6.45, 7) is 2.92. The number of nitrogens with one attached hydrogen (secondary N) is 2. The molecule has 5 heterocycles. The zero-order valence-corrected chi connectivity index (χ0v) is 35.2. The first-order valence-electron chi connectivity index (χ1n) is 22.3. The highest BCUT2D eigenvalue weighted by Gasteiger charge is 2.21. The molecule has 7 aromatic rings. The molecule has 0 aliphatic carbocycles. The van der Waals surface area contributed by atoms with Crippen molar-refractivity contribution in [3.63, 3.8) is 0 Å². The summed E-state index contributed by atoms with van der Waals surface area (Å²) in [6, 6.07) is 48.8. The summed E-state index contributed by atoms with van der Waals surface area (Å²) in [7, 11) is 0. The van der Waals surface area contributed by atoms with E-state index in [0.717, 1.165) is 108 Å². The summed E-state index contributed by atoms with van der Waals surface area (Å²) in [5.74, 6) is 0.816. The Labute approximate surface area is 360 Å². The monoisotopic (exact) mass is 798 g/mol. The molecule has 2 aliphatic heterocycles. The van der Waals surface area contributed by atoms with Gasteiger partial charge in [0.1, 0.15) is 5.75 Å². The third-order valence-electron chi connectivity index (χ3n) is 11.8. The van der Waals surface area contributed by atoms with Gasteiger partial charge < -0.3 is 14.7 Å². The Morgan fingerprint density at radius 1 is 0.393 bits per heavy atom. The van der Waals surface area contributed by atoms with Crippen LogP contribution in [0.4, 0.5) is 0 Å². The van der Waals surface area contributed by atoms with Crippen molar-refractivity contribution in [2.45, 2.75) is 71.1 Å². The van der Waals surface area contributed by atoms with Crippen LogP contribution in [-0.2, 0) is 0 Å². The first-order chi connectivity index (χ1) is 30.2. The van der Waals surface area contributed by atoms with Gasteiger partial charge in [0.2, 0.25) is 0 Å². The van der Waals surface area contributed by atoms with E-state index in [9.17, 15) is 0 Å². The Kier molecular flexibility index (Phi) is 12.4. The lowest BCUT2D eigenvalue weighted by Crippen LogP contribution is -1.97. The number of fused-ring (bicyclic) bond motifs is 8. The fourth-order valence-electron chi connectivity index (χ4n) is 8.77. The molecule has 8 bridgehead atoms. The van der Waals surface area contributed by atoms with Crippen LogP contribution < -0.4 is 4.74 Å². The molecule has 9 rings (SSSR count). The van der Waals surface area contributed by atoms with Crippen LogP contribution in [-0.4, -0.2) is 26.5 Å². The molecule has 0 radical (unpaired) electrons. The van der Waals surface area contributed by atoms with E-state index in [0.29, 0.717) is 6.61 Å². The average Bonchev–Trinajstić information content (AvgIpc) is 4.15. The summed E-state index contributed by atoms with van der Waals surface area (Å²) in [5.41, 5.74) is 15.7. The first kappa shape index (κ1) is 39.7. The topological polar surface area (TPSA) is 66.6 Å². The lowest BCUT2D eigenvalue weighted by atomic mass is 10.0.